The van der Waals surface area contributed by atoms with Crippen molar-refractivity contribution in [3.63, 3.8) is 0 Å². The lowest BCUT2D eigenvalue weighted by Crippen LogP contribution is -2.38. The smallest absolute Gasteiger partial charge is 0.252 e. The Kier molecular flexibility index (Phi) is 5.17. The molecular formula is C16H26N4O. The molecule has 1 atom stereocenters. The number of carbonyl (C=O) groups is 1. The zero-order valence-corrected chi connectivity index (χ0v) is 13.0. The molecule has 5 N–H and O–H groups in total. The molecule has 5 heteroatoms. The van der Waals surface area contributed by atoms with E-state index in [4.69, 9.17) is 11.5 Å². The lowest BCUT2D eigenvalue weighted by atomic mass is 9.83. The number of nitrogens with two attached hydrogens (primary N) is 2. The second-order valence-electron chi connectivity index (χ2n) is 6.02. The third-order valence-corrected chi connectivity index (χ3v) is 4.39. The van der Waals surface area contributed by atoms with Crippen LogP contribution in [0.4, 0.5) is 5.69 Å². The number of pyridine rings is 1. The lowest BCUT2D eigenvalue weighted by molar-refractivity contribution is 0.1000. The van der Waals surface area contributed by atoms with E-state index >= 15 is 0 Å². The maximum atomic E-state index is 11.7. The number of aromatic nitrogens is 1. The van der Waals surface area contributed by atoms with Crippen LogP contribution in [0, 0.1) is 19.8 Å². The fourth-order valence-electron chi connectivity index (χ4n) is 3.36. The van der Waals surface area contributed by atoms with Crippen LogP contribution >= 0.6 is 0 Å². The van der Waals surface area contributed by atoms with Gasteiger partial charge in [0.25, 0.3) is 5.91 Å². The van der Waals surface area contributed by atoms with Crippen LogP contribution in [-0.2, 0) is 0 Å². The van der Waals surface area contributed by atoms with Crippen molar-refractivity contribution in [2.75, 3.05) is 11.9 Å². The van der Waals surface area contributed by atoms with Gasteiger partial charge in [-0.2, -0.15) is 0 Å². The van der Waals surface area contributed by atoms with Gasteiger partial charge < -0.3 is 16.8 Å². The Labute approximate surface area is 126 Å². The summed E-state index contributed by atoms with van der Waals surface area (Å²) in [6.07, 6.45) is 6.24. The molecule has 0 aromatic carbocycles. The highest BCUT2D eigenvalue weighted by molar-refractivity contribution is 5.99. The van der Waals surface area contributed by atoms with Gasteiger partial charge >= 0.3 is 0 Å². The van der Waals surface area contributed by atoms with E-state index in [9.17, 15) is 4.79 Å². The first-order valence-electron chi connectivity index (χ1n) is 7.77. The SMILES string of the molecule is Cc1cc(NC(CN)C2CCCCC2)c(C(N)=O)c(C)n1. The van der Waals surface area contributed by atoms with E-state index in [0.29, 0.717) is 23.7 Å². The molecule has 1 saturated carbocycles. The summed E-state index contributed by atoms with van der Waals surface area (Å²) >= 11 is 0. The Bertz CT molecular complexity index is 509. The first kappa shape index (κ1) is 15.8. The molecule has 1 heterocycles. The van der Waals surface area contributed by atoms with E-state index in [1.54, 1.807) is 0 Å². The zero-order valence-electron chi connectivity index (χ0n) is 13.0. The molecule has 0 bridgehead atoms. The highest BCUT2D eigenvalue weighted by atomic mass is 16.1. The van der Waals surface area contributed by atoms with Gasteiger partial charge in [0.05, 0.1) is 16.9 Å². The molecule has 1 aliphatic carbocycles. The molecule has 0 aliphatic heterocycles. The molecule has 5 nitrogen and oxygen atoms in total. The fourth-order valence-corrected chi connectivity index (χ4v) is 3.36. The number of anilines is 1. The summed E-state index contributed by atoms with van der Waals surface area (Å²) in [5.41, 5.74) is 14.3. The Balaban J connectivity index is 2.25. The van der Waals surface area contributed by atoms with E-state index in [-0.39, 0.29) is 6.04 Å². The summed E-state index contributed by atoms with van der Waals surface area (Å²) in [4.78, 5) is 16.0. The number of nitrogens with zero attached hydrogens (tertiary/aromatic N) is 1. The van der Waals surface area contributed by atoms with E-state index in [0.717, 1.165) is 11.4 Å². The molecule has 0 spiro atoms. The molecule has 1 amide bonds. The number of amides is 1. The van der Waals surface area contributed by atoms with Crippen molar-refractivity contribution in [1.82, 2.24) is 4.98 Å². The van der Waals surface area contributed by atoms with Gasteiger partial charge in [0.2, 0.25) is 0 Å². The van der Waals surface area contributed by atoms with Crippen LogP contribution < -0.4 is 16.8 Å². The minimum atomic E-state index is -0.443. The highest BCUT2D eigenvalue weighted by Crippen LogP contribution is 2.29. The van der Waals surface area contributed by atoms with Crippen molar-refractivity contribution in [3.8, 4) is 0 Å². The summed E-state index contributed by atoms with van der Waals surface area (Å²) in [5.74, 6) is 0.125. The van der Waals surface area contributed by atoms with Crippen LogP contribution in [-0.4, -0.2) is 23.5 Å². The van der Waals surface area contributed by atoms with Crippen molar-refractivity contribution in [1.29, 1.82) is 0 Å². The first-order valence-corrected chi connectivity index (χ1v) is 7.77. The average molecular weight is 290 g/mol. The van der Waals surface area contributed by atoms with Gasteiger partial charge in [-0.25, -0.2) is 0 Å². The largest absolute Gasteiger partial charge is 0.380 e. The van der Waals surface area contributed by atoms with E-state index < -0.39 is 5.91 Å². The molecule has 0 saturated heterocycles. The Morgan fingerprint density at radius 2 is 2.05 bits per heavy atom. The van der Waals surface area contributed by atoms with E-state index in [1.165, 1.54) is 32.1 Å². The number of primary amides is 1. The van der Waals surface area contributed by atoms with Crippen molar-refractivity contribution < 1.29 is 4.79 Å². The second kappa shape index (κ2) is 6.89. The van der Waals surface area contributed by atoms with Crippen LogP contribution in [0.1, 0.15) is 53.8 Å². The summed E-state index contributed by atoms with van der Waals surface area (Å²) in [6, 6.07) is 2.07. The molecule has 21 heavy (non-hydrogen) atoms. The van der Waals surface area contributed by atoms with Gasteiger partial charge in [0.1, 0.15) is 0 Å². The molecule has 2 rings (SSSR count). The van der Waals surface area contributed by atoms with Crippen LogP contribution in [0.15, 0.2) is 6.07 Å². The molecule has 116 valence electrons. The number of rotatable bonds is 5. The van der Waals surface area contributed by atoms with Gasteiger partial charge in [-0.05, 0) is 38.7 Å². The van der Waals surface area contributed by atoms with Gasteiger partial charge in [-0.1, -0.05) is 19.3 Å². The molecule has 1 aromatic rings. The fraction of sp³-hybridized carbons (Fsp3) is 0.625. The van der Waals surface area contributed by atoms with Gasteiger partial charge in [-0.3, -0.25) is 9.78 Å². The number of hydrogen-bond donors (Lipinski definition) is 3. The van der Waals surface area contributed by atoms with Gasteiger partial charge in [0, 0.05) is 18.3 Å². The summed E-state index contributed by atoms with van der Waals surface area (Å²) in [6.45, 7) is 4.29. The quantitative estimate of drug-likeness (QED) is 0.774. The normalized spacial score (nSPS) is 17.5. The number of nitrogens with one attached hydrogen (secondary N) is 1. The first-order chi connectivity index (χ1) is 10.0. The topological polar surface area (TPSA) is 94.0 Å². The second-order valence-corrected chi connectivity index (χ2v) is 6.02. The van der Waals surface area contributed by atoms with Crippen molar-refractivity contribution in [2.45, 2.75) is 52.0 Å². The van der Waals surface area contributed by atoms with Crippen LogP contribution in [0.2, 0.25) is 0 Å². The van der Waals surface area contributed by atoms with Crippen molar-refractivity contribution in [2.24, 2.45) is 17.4 Å². The monoisotopic (exact) mass is 290 g/mol. The maximum Gasteiger partial charge on any atom is 0.252 e. The van der Waals surface area contributed by atoms with Crippen LogP contribution in [0.5, 0.6) is 0 Å². The Hall–Kier alpha value is -1.62. The number of hydrogen-bond acceptors (Lipinski definition) is 4. The molecular weight excluding hydrogens is 264 g/mol. The molecule has 1 unspecified atom stereocenters. The minimum absolute atomic E-state index is 0.185. The number of carbonyl (C=O) groups excluding carboxylic acids is 1. The van der Waals surface area contributed by atoms with Crippen LogP contribution in [0.25, 0.3) is 0 Å². The van der Waals surface area contributed by atoms with Crippen LogP contribution in [0.3, 0.4) is 0 Å². The Morgan fingerprint density at radius 1 is 1.38 bits per heavy atom. The lowest BCUT2D eigenvalue weighted by Gasteiger charge is -2.31. The third kappa shape index (κ3) is 3.73. The van der Waals surface area contributed by atoms with Gasteiger partial charge in [-0.15, -0.1) is 0 Å². The maximum absolute atomic E-state index is 11.7. The Morgan fingerprint density at radius 3 is 2.62 bits per heavy atom. The molecule has 0 radical (unpaired) electrons. The van der Waals surface area contributed by atoms with Gasteiger partial charge in [0.15, 0.2) is 0 Å². The molecule has 1 aliphatic rings. The predicted molar refractivity (Wildman–Crippen MR) is 85.3 cm³/mol. The molecule has 1 aromatic heterocycles. The summed E-state index contributed by atoms with van der Waals surface area (Å²) in [7, 11) is 0. The van der Waals surface area contributed by atoms with E-state index in [2.05, 4.69) is 10.3 Å². The highest BCUT2D eigenvalue weighted by Gasteiger charge is 2.24. The predicted octanol–water partition coefficient (Wildman–Crippen LogP) is 2.12. The number of aryl methyl sites for hydroxylation is 2. The standard InChI is InChI=1S/C16H26N4O/c1-10-8-13(15(16(18)21)11(2)19-10)20-14(9-17)12-6-4-3-5-7-12/h8,12,14H,3-7,9,17H2,1-2H3,(H2,18,21)(H,19,20). The van der Waals surface area contributed by atoms with Crippen molar-refractivity contribution in [3.05, 3.63) is 23.0 Å². The zero-order chi connectivity index (χ0) is 15.4. The average Bonchev–Trinajstić information content (AvgIpc) is 2.44. The van der Waals surface area contributed by atoms with Crippen molar-refractivity contribution >= 4 is 11.6 Å². The molecule has 1 fully saturated rings. The third-order valence-electron chi connectivity index (χ3n) is 4.39. The summed E-state index contributed by atoms with van der Waals surface area (Å²) < 4.78 is 0. The van der Waals surface area contributed by atoms with E-state index in [1.807, 2.05) is 19.9 Å². The minimum Gasteiger partial charge on any atom is -0.380 e. The summed E-state index contributed by atoms with van der Waals surface area (Å²) in [5, 5.41) is 3.46.